The molecular formula is C14H18ClN3O3. The van der Waals surface area contributed by atoms with Crippen molar-refractivity contribution in [1.82, 2.24) is 10.2 Å². The fraction of sp³-hybridized carbons (Fsp3) is 0.429. The Kier molecular flexibility index (Phi) is 5.03. The van der Waals surface area contributed by atoms with Crippen LogP contribution in [0.25, 0.3) is 0 Å². The van der Waals surface area contributed by atoms with Gasteiger partial charge in [0, 0.05) is 11.1 Å². The highest BCUT2D eigenvalue weighted by Crippen LogP contribution is 2.25. The Labute approximate surface area is 127 Å². The maximum Gasteiger partial charge on any atom is 0.258 e. The number of halogens is 1. The highest BCUT2D eigenvalue weighted by atomic mass is 35.5. The minimum atomic E-state index is -0.574. The van der Waals surface area contributed by atoms with Crippen LogP contribution in [0.3, 0.4) is 0 Å². The smallest absolute Gasteiger partial charge is 0.258 e. The van der Waals surface area contributed by atoms with Crippen LogP contribution in [0.2, 0.25) is 5.02 Å². The highest BCUT2D eigenvalue weighted by Gasteiger charge is 2.28. The zero-order chi connectivity index (χ0) is 15.4. The van der Waals surface area contributed by atoms with Crippen molar-refractivity contribution in [2.75, 3.05) is 19.6 Å². The molecule has 1 heterocycles. The van der Waals surface area contributed by atoms with E-state index in [2.05, 4.69) is 5.32 Å². The van der Waals surface area contributed by atoms with E-state index in [1.165, 1.54) is 23.1 Å². The number of carbonyl (C=O) groups is 2. The van der Waals surface area contributed by atoms with Crippen LogP contribution in [-0.4, -0.2) is 47.5 Å². The average molecular weight is 312 g/mol. The van der Waals surface area contributed by atoms with Gasteiger partial charge in [-0.15, -0.1) is 0 Å². The fourth-order valence-electron chi connectivity index (χ4n) is 2.49. The number of rotatable bonds is 4. The van der Waals surface area contributed by atoms with Crippen molar-refractivity contribution in [3.8, 4) is 5.75 Å². The number of nitrogens with one attached hydrogen (secondary N) is 1. The van der Waals surface area contributed by atoms with Gasteiger partial charge in [-0.05, 0) is 44.1 Å². The molecule has 1 aromatic rings. The number of phenols is 1. The molecular weight excluding hydrogens is 294 g/mol. The molecule has 0 aliphatic carbocycles. The Bertz CT molecular complexity index is 544. The third-order valence-corrected chi connectivity index (χ3v) is 3.76. The molecule has 1 saturated heterocycles. The van der Waals surface area contributed by atoms with E-state index in [9.17, 15) is 14.7 Å². The lowest BCUT2D eigenvalue weighted by molar-refractivity contribution is -0.119. The van der Waals surface area contributed by atoms with Gasteiger partial charge in [-0.1, -0.05) is 11.6 Å². The SMILES string of the molecule is NC(=O)CN(C(=O)c1ccc(Cl)cc1O)C1CCNCC1. The first-order chi connectivity index (χ1) is 9.99. The van der Waals surface area contributed by atoms with Crippen molar-refractivity contribution in [1.29, 1.82) is 0 Å². The first kappa shape index (κ1) is 15.6. The van der Waals surface area contributed by atoms with Crippen LogP contribution in [0.1, 0.15) is 23.2 Å². The van der Waals surface area contributed by atoms with Crippen molar-refractivity contribution in [3.63, 3.8) is 0 Å². The molecule has 0 aromatic heterocycles. The van der Waals surface area contributed by atoms with E-state index in [1.54, 1.807) is 0 Å². The second-order valence-electron chi connectivity index (χ2n) is 5.04. The number of primary amides is 1. The van der Waals surface area contributed by atoms with E-state index in [0.29, 0.717) is 5.02 Å². The topological polar surface area (TPSA) is 95.7 Å². The van der Waals surface area contributed by atoms with Crippen LogP contribution in [0, 0.1) is 0 Å². The van der Waals surface area contributed by atoms with Crippen molar-refractivity contribution in [2.24, 2.45) is 5.73 Å². The van der Waals surface area contributed by atoms with Crippen LogP contribution < -0.4 is 11.1 Å². The lowest BCUT2D eigenvalue weighted by Gasteiger charge is -2.34. The van der Waals surface area contributed by atoms with Crippen molar-refractivity contribution >= 4 is 23.4 Å². The van der Waals surface area contributed by atoms with Gasteiger partial charge in [0.15, 0.2) is 0 Å². The Morgan fingerprint density at radius 3 is 2.62 bits per heavy atom. The Morgan fingerprint density at radius 2 is 2.05 bits per heavy atom. The molecule has 114 valence electrons. The maximum atomic E-state index is 12.6. The Morgan fingerprint density at radius 1 is 1.38 bits per heavy atom. The van der Waals surface area contributed by atoms with Gasteiger partial charge in [0.25, 0.3) is 5.91 Å². The highest BCUT2D eigenvalue weighted by molar-refractivity contribution is 6.30. The number of nitrogens with two attached hydrogens (primary N) is 1. The monoisotopic (exact) mass is 311 g/mol. The molecule has 21 heavy (non-hydrogen) atoms. The third-order valence-electron chi connectivity index (χ3n) is 3.53. The molecule has 1 fully saturated rings. The van der Waals surface area contributed by atoms with E-state index in [1.807, 2.05) is 0 Å². The number of piperidine rings is 1. The normalized spacial score (nSPS) is 15.7. The molecule has 1 aliphatic rings. The Balaban J connectivity index is 2.26. The standard InChI is InChI=1S/C14H18ClN3O3/c15-9-1-2-11(12(19)7-9)14(21)18(8-13(16)20)10-3-5-17-6-4-10/h1-2,7,10,17,19H,3-6,8H2,(H2,16,20). The number of hydrogen-bond donors (Lipinski definition) is 3. The van der Waals surface area contributed by atoms with Gasteiger partial charge >= 0.3 is 0 Å². The first-order valence-electron chi connectivity index (χ1n) is 6.77. The van der Waals surface area contributed by atoms with Crippen LogP contribution in [0.5, 0.6) is 5.75 Å². The molecule has 0 saturated carbocycles. The van der Waals surface area contributed by atoms with Gasteiger partial charge in [-0.3, -0.25) is 9.59 Å². The summed E-state index contributed by atoms with van der Waals surface area (Å²) in [5, 5.41) is 13.4. The summed E-state index contributed by atoms with van der Waals surface area (Å²) in [4.78, 5) is 25.3. The molecule has 7 heteroatoms. The minimum Gasteiger partial charge on any atom is -0.507 e. The van der Waals surface area contributed by atoms with Gasteiger partial charge in [-0.2, -0.15) is 0 Å². The molecule has 2 rings (SSSR count). The van der Waals surface area contributed by atoms with Gasteiger partial charge in [0.1, 0.15) is 5.75 Å². The molecule has 0 bridgehead atoms. The molecule has 0 radical (unpaired) electrons. The van der Waals surface area contributed by atoms with Crippen LogP contribution >= 0.6 is 11.6 Å². The number of hydrogen-bond acceptors (Lipinski definition) is 4. The van der Waals surface area contributed by atoms with Crippen LogP contribution in [0.4, 0.5) is 0 Å². The molecule has 0 spiro atoms. The number of benzene rings is 1. The molecule has 1 aromatic carbocycles. The minimum absolute atomic E-state index is 0.0682. The summed E-state index contributed by atoms with van der Waals surface area (Å²) in [7, 11) is 0. The summed E-state index contributed by atoms with van der Waals surface area (Å²) in [6.45, 7) is 1.39. The summed E-state index contributed by atoms with van der Waals surface area (Å²) in [6.07, 6.45) is 1.49. The molecule has 0 unspecified atom stereocenters. The van der Waals surface area contributed by atoms with Crippen molar-refractivity contribution in [2.45, 2.75) is 18.9 Å². The number of nitrogens with zero attached hydrogens (tertiary/aromatic N) is 1. The first-order valence-corrected chi connectivity index (χ1v) is 7.15. The van der Waals surface area contributed by atoms with Gasteiger partial charge in [-0.25, -0.2) is 0 Å². The number of aromatic hydroxyl groups is 1. The van der Waals surface area contributed by atoms with E-state index in [4.69, 9.17) is 17.3 Å². The molecule has 4 N–H and O–H groups in total. The third kappa shape index (κ3) is 3.86. The summed E-state index contributed by atoms with van der Waals surface area (Å²) < 4.78 is 0. The van der Waals surface area contributed by atoms with Gasteiger partial charge < -0.3 is 21.1 Å². The summed E-state index contributed by atoms with van der Waals surface area (Å²) >= 11 is 5.77. The summed E-state index contributed by atoms with van der Waals surface area (Å²) in [5.74, 6) is -1.18. The molecule has 2 amide bonds. The van der Waals surface area contributed by atoms with Crippen LogP contribution in [-0.2, 0) is 4.79 Å². The number of phenolic OH excluding ortho intramolecular Hbond substituents is 1. The van der Waals surface area contributed by atoms with Gasteiger partial charge in [0.05, 0.1) is 12.1 Å². The zero-order valence-electron chi connectivity index (χ0n) is 11.5. The lowest BCUT2D eigenvalue weighted by atomic mass is 10.0. The summed E-state index contributed by atoms with van der Waals surface area (Å²) in [5.41, 5.74) is 5.37. The van der Waals surface area contributed by atoms with E-state index in [-0.39, 0.29) is 23.9 Å². The van der Waals surface area contributed by atoms with Crippen molar-refractivity contribution < 1.29 is 14.7 Å². The quantitative estimate of drug-likeness (QED) is 0.763. The van der Waals surface area contributed by atoms with E-state index >= 15 is 0 Å². The predicted molar refractivity (Wildman–Crippen MR) is 79.2 cm³/mol. The van der Waals surface area contributed by atoms with E-state index < -0.39 is 11.8 Å². The number of amides is 2. The van der Waals surface area contributed by atoms with Crippen LogP contribution in [0.15, 0.2) is 18.2 Å². The second-order valence-corrected chi connectivity index (χ2v) is 5.48. The largest absolute Gasteiger partial charge is 0.507 e. The van der Waals surface area contributed by atoms with Crippen molar-refractivity contribution in [3.05, 3.63) is 28.8 Å². The predicted octanol–water partition coefficient (Wildman–Crippen LogP) is 0.725. The lowest BCUT2D eigenvalue weighted by Crippen LogP contribution is -2.49. The molecule has 6 nitrogen and oxygen atoms in total. The molecule has 0 atom stereocenters. The van der Waals surface area contributed by atoms with E-state index in [0.717, 1.165) is 25.9 Å². The summed E-state index contributed by atoms with van der Waals surface area (Å²) in [6, 6.07) is 4.22. The Hall–Kier alpha value is -1.79. The number of carbonyl (C=O) groups excluding carboxylic acids is 2. The fourth-order valence-corrected chi connectivity index (χ4v) is 2.66. The average Bonchev–Trinajstić information content (AvgIpc) is 2.45. The zero-order valence-corrected chi connectivity index (χ0v) is 12.3. The van der Waals surface area contributed by atoms with Gasteiger partial charge in [0.2, 0.25) is 5.91 Å². The maximum absolute atomic E-state index is 12.6. The second kappa shape index (κ2) is 6.78. The molecule has 1 aliphatic heterocycles.